The maximum absolute atomic E-state index is 13.2. The van der Waals surface area contributed by atoms with Crippen LogP contribution in [0.25, 0.3) is 0 Å². The fourth-order valence-corrected chi connectivity index (χ4v) is 1.72. The van der Waals surface area contributed by atoms with Gasteiger partial charge < -0.3 is 5.11 Å². The van der Waals surface area contributed by atoms with Crippen LogP contribution in [-0.4, -0.2) is 15.1 Å². The molecule has 0 aliphatic heterocycles. The molecule has 0 bridgehead atoms. The highest BCUT2D eigenvalue weighted by molar-refractivity contribution is 6.31. The predicted octanol–water partition coefficient (Wildman–Crippen LogP) is 2.55. The van der Waals surface area contributed by atoms with Crippen molar-refractivity contribution in [2.75, 3.05) is 0 Å². The number of hydrogen-bond acceptors (Lipinski definition) is 3. The lowest BCUT2D eigenvalue weighted by Crippen LogP contribution is -2.03. The fraction of sp³-hybridized carbons (Fsp3) is 0.167. The third-order valence-electron chi connectivity index (χ3n) is 2.41. The number of aliphatic hydroxyl groups excluding tert-OH is 1. The van der Waals surface area contributed by atoms with Crippen molar-refractivity contribution in [1.82, 2.24) is 9.97 Å². The number of aromatic nitrogens is 2. The van der Waals surface area contributed by atoms with E-state index in [1.54, 1.807) is 12.1 Å². The Morgan fingerprint density at radius 3 is 2.71 bits per heavy atom. The van der Waals surface area contributed by atoms with E-state index in [0.29, 0.717) is 11.1 Å². The predicted molar refractivity (Wildman–Crippen MR) is 62.1 cm³/mol. The first kappa shape index (κ1) is 12.0. The minimum absolute atomic E-state index is 0.0448. The lowest BCUT2D eigenvalue weighted by atomic mass is 10.0. The van der Waals surface area contributed by atoms with E-state index in [0.717, 1.165) is 0 Å². The molecule has 0 spiro atoms. The Morgan fingerprint density at radius 2 is 2.00 bits per heavy atom. The third kappa shape index (κ3) is 2.78. The molecule has 3 nitrogen and oxygen atoms in total. The van der Waals surface area contributed by atoms with Crippen molar-refractivity contribution >= 4 is 11.6 Å². The average Bonchev–Trinajstić information content (AvgIpc) is 2.36. The molecule has 2 rings (SSSR count). The summed E-state index contributed by atoms with van der Waals surface area (Å²) in [6.45, 7) is 0. The van der Waals surface area contributed by atoms with E-state index in [1.165, 1.54) is 24.8 Å². The van der Waals surface area contributed by atoms with E-state index in [4.69, 9.17) is 11.6 Å². The SMILES string of the molecule is OC(Cc1cccc(F)c1Cl)c1cncnc1. The van der Waals surface area contributed by atoms with Gasteiger partial charge in [0.2, 0.25) is 0 Å². The standard InChI is InChI=1S/C12H10ClFN2O/c13-12-8(2-1-3-10(12)14)4-11(17)9-5-15-7-16-6-9/h1-3,5-7,11,17H,4H2. The monoisotopic (exact) mass is 252 g/mol. The quantitative estimate of drug-likeness (QED) is 0.913. The van der Waals surface area contributed by atoms with Gasteiger partial charge >= 0.3 is 0 Å². The van der Waals surface area contributed by atoms with Crippen molar-refractivity contribution in [3.05, 3.63) is 58.9 Å². The van der Waals surface area contributed by atoms with Gasteiger partial charge in [0.25, 0.3) is 0 Å². The van der Waals surface area contributed by atoms with Crippen LogP contribution in [0.3, 0.4) is 0 Å². The van der Waals surface area contributed by atoms with E-state index in [9.17, 15) is 9.50 Å². The summed E-state index contributed by atoms with van der Waals surface area (Å²) in [5.74, 6) is -0.485. The maximum Gasteiger partial charge on any atom is 0.142 e. The largest absolute Gasteiger partial charge is 0.388 e. The first-order valence-corrected chi connectivity index (χ1v) is 5.42. The molecule has 0 fully saturated rings. The van der Waals surface area contributed by atoms with Crippen molar-refractivity contribution in [2.24, 2.45) is 0 Å². The van der Waals surface area contributed by atoms with Crippen LogP contribution in [0.5, 0.6) is 0 Å². The molecule has 88 valence electrons. The van der Waals surface area contributed by atoms with E-state index in [-0.39, 0.29) is 11.4 Å². The van der Waals surface area contributed by atoms with Gasteiger partial charge in [0.1, 0.15) is 12.1 Å². The number of rotatable bonds is 3. The highest BCUT2D eigenvalue weighted by Gasteiger charge is 2.13. The molecule has 17 heavy (non-hydrogen) atoms. The highest BCUT2D eigenvalue weighted by Crippen LogP contribution is 2.24. The molecule has 0 radical (unpaired) electrons. The summed E-state index contributed by atoms with van der Waals surface area (Å²) in [6.07, 6.45) is 3.85. The summed E-state index contributed by atoms with van der Waals surface area (Å²) < 4.78 is 13.2. The van der Waals surface area contributed by atoms with Gasteiger partial charge in [-0.25, -0.2) is 14.4 Å². The highest BCUT2D eigenvalue weighted by atomic mass is 35.5. The molecule has 1 aromatic carbocycles. The van der Waals surface area contributed by atoms with Crippen molar-refractivity contribution in [3.63, 3.8) is 0 Å². The van der Waals surface area contributed by atoms with Crippen molar-refractivity contribution in [2.45, 2.75) is 12.5 Å². The summed E-state index contributed by atoms with van der Waals surface area (Å²) in [5, 5.41) is 9.97. The van der Waals surface area contributed by atoms with Gasteiger partial charge in [-0.3, -0.25) is 0 Å². The van der Waals surface area contributed by atoms with Crippen LogP contribution in [-0.2, 0) is 6.42 Å². The summed E-state index contributed by atoms with van der Waals surface area (Å²) in [6, 6.07) is 4.52. The van der Waals surface area contributed by atoms with Crippen molar-refractivity contribution in [1.29, 1.82) is 0 Å². The first-order valence-electron chi connectivity index (χ1n) is 5.04. The molecule has 0 amide bonds. The van der Waals surface area contributed by atoms with Gasteiger partial charge in [0, 0.05) is 24.4 Å². The van der Waals surface area contributed by atoms with Crippen LogP contribution in [0.1, 0.15) is 17.2 Å². The van der Waals surface area contributed by atoms with Crippen LogP contribution in [0.4, 0.5) is 4.39 Å². The van der Waals surface area contributed by atoms with Crippen LogP contribution >= 0.6 is 11.6 Å². The molecule has 0 saturated heterocycles. The van der Waals surface area contributed by atoms with E-state index < -0.39 is 11.9 Å². The van der Waals surface area contributed by atoms with Gasteiger partial charge in [0.15, 0.2) is 0 Å². The molecule has 2 aromatic rings. The van der Waals surface area contributed by atoms with Crippen LogP contribution in [0.2, 0.25) is 5.02 Å². The Hall–Kier alpha value is -1.52. The maximum atomic E-state index is 13.2. The van der Waals surface area contributed by atoms with E-state index in [2.05, 4.69) is 9.97 Å². The fourth-order valence-electron chi connectivity index (χ4n) is 1.51. The Kier molecular flexibility index (Phi) is 3.66. The summed E-state index contributed by atoms with van der Waals surface area (Å²) in [4.78, 5) is 7.62. The zero-order valence-corrected chi connectivity index (χ0v) is 9.60. The summed E-state index contributed by atoms with van der Waals surface area (Å²) in [5.41, 5.74) is 1.14. The smallest absolute Gasteiger partial charge is 0.142 e. The van der Waals surface area contributed by atoms with Gasteiger partial charge in [-0.05, 0) is 11.6 Å². The molecule has 1 N–H and O–H groups in total. The van der Waals surface area contributed by atoms with E-state index in [1.807, 2.05) is 0 Å². The molecule has 1 aromatic heterocycles. The second kappa shape index (κ2) is 5.21. The lowest BCUT2D eigenvalue weighted by molar-refractivity contribution is 0.177. The van der Waals surface area contributed by atoms with Crippen LogP contribution in [0, 0.1) is 5.82 Å². The third-order valence-corrected chi connectivity index (χ3v) is 2.83. The molecule has 0 aliphatic carbocycles. The zero-order chi connectivity index (χ0) is 12.3. The number of hydrogen-bond donors (Lipinski definition) is 1. The topological polar surface area (TPSA) is 46.0 Å². The van der Waals surface area contributed by atoms with Crippen LogP contribution in [0.15, 0.2) is 36.9 Å². The zero-order valence-electron chi connectivity index (χ0n) is 8.85. The molecule has 0 saturated carbocycles. The lowest BCUT2D eigenvalue weighted by Gasteiger charge is -2.11. The average molecular weight is 253 g/mol. The van der Waals surface area contributed by atoms with Gasteiger partial charge in [-0.15, -0.1) is 0 Å². The normalized spacial score (nSPS) is 12.4. The molecule has 1 unspecified atom stereocenters. The van der Waals surface area contributed by atoms with Gasteiger partial charge in [0.05, 0.1) is 11.1 Å². The Labute approximate surface area is 103 Å². The minimum atomic E-state index is -0.796. The first-order chi connectivity index (χ1) is 8.18. The summed E-state index contributed by atoms with van der Waals surface area (Å²) in [7, 11) is 0. The minimum Gasteiger partial charge on any atom is -0.388 e. The molecule has 1 atom stereocenters. The molecular weight excluding hydrogens is 243 g/mol. The van der Waals surface area contributed by atoms with Gasteiger partial charge in [-0.2, -0.15) is 0 Å². The molecule has 1 heterocycles. The number of benzene rings is 1. The molecule has 0 aliphatic rings. The Bertz CT molecular complexity index is 507. The van der Waals surface area contributed by atoms with Crippen molar-refractivity contribution in [3.8, 4) is 0 Å². The molecule has 5 heteroatoms. The van der Waals surface area contributed by atoms with Crippen LogP contribution < -0.4 is 0 Å². The Morgan fingerprint density at radius 1 is 1.29 bits per heavy atom. The Balaban J connectivity index is 2.19. The second-order valence-corrected chi connectivity index (χ2v) is 3.98. The summed E-state index contributed by atoms with van der Waals surface area (Å²) >= 11 is 5.81. The number of aliphatic hydroxyl groups is 1. The van der Waals surface area contributed by atoms with E-state index >= 15 is 0 Å². The second-order valence-electron chi connectivity index (χ2n) is 3.60. The number of halogens is 2. The molecular formula is C12H10ClFN2O. The van der Waals surface area contributed by atoms with Crippen molar-refractivity contribution < 1.29 is 9.50 Å². The van der Waals surface area contributed by atoms with Gasteiger partial charge in [-0.1, -0.05) is 23.7 Å². The number of nitrogens with zero attached hydrogens (tertiary/aromatic N) is 2.